The number of Topliss-reactive ketones (excluding diaryl/α,β-unsaturated/α-hetero) is 1. The van der Waals surface area contributed by atoms with Gasteiger partial charge in [-0.2, -0.15) is 0 Å². The molecule has 2 aromatic carbocycles. The Kier molecular flexibility index (Phi) is 7.12. The van der Waals surface area contributed by atoms with Crippen LogP contribution in [0.2, 0.25) is 0 Å². The number of fused-ring (bicyclic) bond motifs is 1. The number of hydrogen-bond acceptors (Lipinski definition) is 6. The predicted octanol–water partition coefficient (Wildman–Crippen LogP) is 2.80. The van der Waals surface area contributed by atoms with Gasteiger partial charge in [-0.25, -0.2) is 4.39 Å². The molecule has 2 heterocycles. The largest absolute Gasteiger partial charge is 0.482 e. The Morgan fingerprint density at radius 1 is 1.26 bits per heavy atom. The average molecular weight is 470 g/mol. The number of hydrogen-bond donors (Lipinski definition) is 1. The number of nitrogens with one attached hydrogen (secondary N) is 1. The molecule has 2 aliphatic heterocycles. The highest BCUT2D eigenvalue weighted by Crippen LogP contribution is 2.34. The third kappa shape index (κ3) is 5.20. The number of nitrogens with zero attached hydrogens (tertiary/aromatic N) is 1. The van der Waals surface area contributed by atoms with Crippen LogP contribution in [0.15, 0.2) is 36.4 Å². The van der Waals surface area contributed by atoms with Gasteiger partial charge in [0.15, 0.2) is 30.6 Å². The summed E-state index contributed by atoms with van der Waals surface area (Å²) in [7, 11) is 0. The number of halogens is 1. The number of amides is 2. The van der Waals surface area contributed by atoms with E-state index in [2.05, 4.69) is 5.32 Å². The van der Waals surface area contributed by atoms with Gasteiger partial charge < -0.3 is 19.5 Å². The Bertz CT molecular complexity index is 1100. The lowest BCUT2D eigenvalue weighted by Crippen LogP contribution is -2.52. The van der Waals surface area contributed by atoms with Gasteiger partial charge in [0.25, 0.3) is 5.91 Å². The average Bonchev–Trinajstić information content (AvgIpc) is 3.35. The Labute approximate surface area is 197 Å². The first-order valence-corrected chi connectivity index (χ1v) is 11.2. The molecular formula is C25H27FN2O6. The molecule has 0 bridgehead atoms. The second-order valence-electron chi connectivity index (χ2n) is 8.44. The van der Waals surface area contributed by atoms with Crippen LogP contribution in [0.25, 0.3) is 0 Å². The Hall–Kier alpha value is -3.46. The molecule has 9 heteroatoms. The van der Waals surface area contributed by atoms with E-state index < -0.39 is 23.5 Å². The molecule has 0 radical (unpaired) electrons. The number of ketones is 1. The van der Waals surface area contributed by atoms with Crippen LogP contribution < -0.4 is 19.7 Å². The molecule has 1 N–H and O–H groups in total. The highest BCUT2D eigenvalue weighted by molar-refractivity contribution is 6.05. The van der Waals surface area contributed by atoms with Gasteiger partial charge in [0.1, 0.15) is 11.8 Å². The van der Waals surface area contributed by atoms with E-state index >= 15 is 0 Å². The lowest BCUT2D eigenvalue weighted by molar-refractivity contribution is -0.127. The van der Waals surface area contributed by atoms with Gasteiger partial charge >= 0.3 is 0 Å². The molecule has 2 amide bonds. The van der Waals surface area contributed by atoms with Crippen LogP contribution in [0.4, 0.5) is 10.1 Å². The summed E-state index contributed by atoms with van der Waals surface area (Å²) < 4.78 is 30.3. The molecule has 0 saturated carbocycles. The zero-order valence-corrected chi connectivity index (χ0v) is 19.1. The van der Waals surface area contributed by atoms with Crippen molar-refractivity contribution in [1.29, 1.82) is 0 Å². The Morgan fingerprint density at radius 2 is 2.09 bits per heavy atom. The van der Waals surface area contributed by atoms with Gasteiger partial charge in [0.2, 0.25) is 5.91 Å². The molecule has 2 aromatic rings. The van der Waals surface area contributed by atoms with Crippen molar-refractivity contribution in [3.8, 4) is 11.5 Å². The lowest BCUT2D eigenvalue weighted by atomic mass is 10.1. The van der Waals surface area contributed by atoms with E-state index in [1.165, 1.54) is 23.1 Å². The normalized spacial score (nSPS) is 18.1. The molecule has 180 valence electrons. The zero-order chi connectivity index (χ0) is 24.2. The van der Waals surface area contributed by atoms with Gasteiger partial charge in [-0.3, -0.25) is 19.3 Å². The lowest BCUT2D eigenvalue weighted by Gasteiger charge is -2.33. The number of anilines is 1. The summed E-state index contributed by atoms with van der Waals surface area (Å²) >= 11 is 0. The van der Waals surface area contributed by atoms with Crippen molar-refractivity contribution in [3.05, 3.63) is 53.3 Å². The van der Waals surface area contributed by atoms with E-state index in [9.17, 15) is 18.8 Å². The van der Waals surface area contributed by atoms with E-state index in [4.69, 9.17) is 14.2 Å². The number of carbonyl (C=O) groups excluding carboxylic acids is 3. The Balaban J connectivity index is 1.48. The number of benzene rings is 2. The molecule has 0 aliphatic carbocycles. The molecule has 0 spiro atoms. The third-order valence-corrected chi connectivity index (χ3v) is 5.90. The van der Waals surface area contributed by atoms with Crippen molar-refractivity contribution in [2.24, 2.45) is 0 Å². The number of aryl methyl sites for hydroxylation is 1. The standard InChI is InChI=1S/C25H27FN2O6/c1-15-5-7-19(26)23(10-15)33-13-21(29)17-6-8-22-20(11-17)28(24(30)14-34-22)16(2)25(31)27-12-18-4-3-9-32-18/h5-8,10-11,16,18H,3-4,9,12-14H2,1-2H3,(H,27,31)/t16-,18+/m1/s1. The molecule has 8 nitrogen and oxygen atoms in total. The molecule has 2 atom stereocenters. The van der Waals surface area contributed by atoms with Gasteiger partial charge in [0, 0.05) is 18.7 Å². The van der Waals surface area contributed by atoms with E-state index in [0.717, 1.165) is 18.4 Å². The minimum Gasteiger partial charge on any atom is -0.482 e. The van der Waals surface area contributed by atoms with Crippen molar-refractivity contribution in [2.75, 3.05) is 31.3 Å². The first-order valence-electron chi connectivity index (χ1n) is 11.2. The van der Waals surface area contributed by atoms with Gasteiger partial charge in [-0.15, -0.1) is 0 Å². The van der Waals surface area contributed by atoms with Crippen LogP contribution in [0, 0.1) is 12.7 Å². The van der Waals surface area contributed by atoms with Crippen molar-refractivity contribution < 1.29 is 33.0 Å². The van der Waals surface area contributed by atoms with E-state index in [1.807, 2.05) is 0 Å². The molecule has 2 aliphatic rings. The van der Waals surface area contributed by atoms with Crippen molar-refractivity contribution in [2.45, 2.75) is 38.8 Å². The molecule has 0 aromatic heterocycles. The molecule has 4 rings (SSSR count). The molecule has 0 unspecified atom stereocenters. The van der Waals surface area contributed by atoms with Crippen LogP contribution in [0.3, 0.4) is 0 Å². The number of ether oxygens (including phenoxy) is 3. The molecule has 34 heavy (non-hydrogen) atoms. The van der Waals surface area contributed by atoms with Crippen LogP contribution >= 0.6 is 0 Å². The van der Waals surface area contributed by atoms with Gasteiger partial charge in [-0.05, 0) is 62.6 Å². The third-order valence-electron chi connectivity index (χ3n) is 5.90. The summed E-state index contributed by atoms with van der Waals surface area (Å²) in [5.74, 6) is -1.31. The summed E-state index contributed by atoms with van der Waals surface area (Å²) in [6.07, 6.45) is 1.82. The molecule has 1 fully saturated rings. The van der Waals surface area contributed by atoms with Crippen LogP contribution in [-0.2, 0) is 14.3 Å². The SMILES string of the molecule is Cc1ccc(F)c(OCC(=O)c2ccc3c(c2)N([C@H](C)C(=O)NC[C@@H]2CCCO2)C(=O)CO3)c1. The van der Waals surface area contributed by atoms with E-state index in [0.29, 0.717) is 24.6 Å². The van der Waals surface area contributed by atoms with Crippen molar-refractivity contribution in [3.63, 3.8) is 0 Å². The van der Waals surface area contributed by atoms with Crippen LogP contribution in [0.5, 0.6) is 11.5 Å². The minimum atomic E-state index is -0.820. The second-order valence-corrected chi connectivity index (χ2v) is 8.44. The van der Waals surface area contributed by atoms with Crippen molar-refractivity contribution >= 4 is 23.3 Å². The maximum Gasteiger partial charge on any atom is 0.265 e. The quantitative estimate of drug-likeness (QED) is 0.597. The predicted molar refractivity (Wildman–Crippen MR) is 122 cm³/mol. The van der Waals surface area contributed by atoms with E-state index in [-0.39, 0.29) is 36.5 Å². The Morgan fingerprint density at radius 3 is 2.85 bits per heavy atom. The van der Waals surface area contributed by atoms with Gasteiger partial charge in [-0.1, -0.05) is 6.07 Å². The molecular weight excluding hydrogens is 443 g/mol. The van der Waals surface area contributed by atoms with Crippen LogP contribution in [-0.4, -0.2) is 56.1 Å². The summed E-state index contributed by atoms with van der Waals surface area (Å²) in [6, 6.07) is 8.20. The first kappa shape index (κ1) is 23.7. The topological polar surface area (TPSA) is 94.2 Å². The fourth-order valence-electron chi connectivity index (χ4n) is 4.00. The van der Waals surface area contributed by atoms with Crippen molar-refractivity contribution in [1.82, 2.24) is 5.32 Å². The zero-order valence-electron chi connectivity index (χ0n) is 19.1. The summed E-state index contributed by atoms with van der Waals surface area (Å²) in [5.41, 5.74) is 1.38. The summed E-state index contributed by atoms with van der Waals surface area (Å²) in [6.45, 7) is 3.88. The maximum absolute atomic E-state index is 13.9. The highest BCUT2D eigenvalue weighted by Gasteiger charge is 2.34. The van der Waals surface area contributed by atoms with Crippen LogP contribution in [0.1, 0.15) is 35.7 Å². The number of rotatable bonds is 8. The number of carbonyl (C=O) groups is 3. The highest BCUT2D eigenvalue weighted by atomic mass is 19.1. The second kappa shape index (κ2) is 10.2. The summed E-state index contributed by atoms with van der Waals surface area (Å²) in [4.78, 5) is 39.5. The van der Waals surface area contributed by atoms with Gasteiger partial charge in [0.05, 0.1) is 11.8 Å². The monoisotopic (exact) mass is 470 g/mol. The summed E-state index contributed by atoms with van der Waals surface area (Å²) in [5, 5.41) is 2.84. The maximum atomic E-state index is 13.9. The van der Waals surface area contributed by atoms with E-state index in [1.54, 1.807) is 32.0 Å². The smallest absolute Gasteiger partial charge is 0.265 e. The molecule has 1 saturated heterocycles. The first-order chi connectivity index (χ1) is 16.3. The minimum absolute atomic E-state index is 0.0111. The fraction of sp³-hybridized carbons (Fsp3) is 0.400. The fourth-order valence-corrected chi connectivity index (χ4v) is 4.00.